The van der Waals surface area contributed by atoms with E-state index < -0.39 is 93.8 Å². The van der Waals surface area contributed by atoms with Crippen LogP contribution in [0.1, 0.15) is 27.7 Å². The van der Waals surface area contributed by atoms with Gasteiger partial charge in [-0.25, -0.2) is 0 Å². The van der Waals surface area contributed by atoms with Crippen LogP contribution in [0.3, 0.4) is 0 Å². The molecule has 1 N–H and O–H groups in total. The Bertz CT molecular complexity index is 987. The molecule has 0 bridgehead atoms. The van der Waals surface area contributed by atoms with Gasteiger partial charge in [-0.05, 0) is 0 Å². The zero-order valence-corrected chi connectivity index (χ0v) is 25.1. The topological polar surface area (TPSA) is 203 Å². The SMILES string of the molecule is CC(=O)SCC(=O)OC[C@H]1O[C@H](O)[C@H](OC(=O)CSC(C)=O)[C@@H](OC(=O)CSC(C)=O)[C@@H]1OC(=O)CSC(C)=O. The molecule has 18 heteroatoms. The van der Waals surface area contributed by atoms with E-state index in [-0.39, 0.29) is 10.9 Å². The number of hydrogen-bond acceptors (Lipinski definition) is 18. The van der Waals surface area contributed by atoms with Gasteiger partial charge in [0.25, 0.3) is 0 Å². The van der Waals surface area contributed by atoms with E-state index in [1.165, 1.54) is 27.7 Å². The van der Waals surface area contributed by atoms with Gasteiger partial charge in [-0.15, -0.1) is 0 Å². The van der Waals surface area contributed by atoms with Crippen LogP contribution in [0.25, 0.3) is 0 Å². The lowest BCUT2D eigenvalue weighted by Crippen LogP contribution is -2.62. The van der Waals surface area contributed by atoms with Gasteiger partial charge in [0, 0.05) is 27.7 Å². The average Bonchev–Trinajstić information content (AvgIpc) is 2.86. The van der Waals surface area contributed by atoms with Crippen LogP contribution in [0.2, 0.25) is 0 Å². The summed E-state index contributed by atoms with van der Waals surface area (Å²) < 4.78 is 26.4. The Labute approximate surface area is 246 Å². The predicted octanol–water partition coefficient (Wildman–Crippen LogP) is 0.101. The first-order chi connectivity index (χ1) is 18.7. The van der Waals surface area contributed by atoms with Crippen LogP contribution in [-0.4, -0.2) is 110 Å². The molecule has 0 radical (unpaired) electrons. The molecule has 5 atom stereocenters. The molecule has 40 heavy (non-hydrogen) atoms. The van der Waals surface area contributed by atoms with E-state index in [1.807, 2.05) is 0 Å². The molecule has 0 aromatic rings. The molecule has 1 aliphatic heterocycles. The zero-order chi connectivity index (χ0) is 30.4. The largest absolute Gasteiger partial charge is 0.462 e. The Morgan fingerprint density at radius 2 is 0.925 bits per heavy atom. The molecule has 1 heterocycles. The Hall–Kier alpha value is -2.12. The molecule has 0 aliphatic carbocycles. The molecular weight excluding hydrogens is 616 g/mol. The molecule has 0 saturated carbocycles. The van der Waals surface area contributed by atoms with Crippen molar-refractivity contribution in [3.05, 3.63) is 0 Å². The molecule has 0 unspecified atom stereocenters. The van der Waals surface area contributed by atoms with E-state index in [0.29, 0.717) is 47.0 Å². The van der Waals surface area contributed by atoms with Gasteiger partial charge in [0.2, 0.25) is 0 Å². The van der Waals surface area contributed by atoms with Gasteiger partial charge in [0.05, 0.1) is 23.0 Å². The van der Waals surface area contributed by atoms with Crippen molar-refractivity contribution in [3.8, 4) is 0 Å². The highest BCUT2D eigenvalue weighted by Crippen LogP contribution is 2.29. The maximum atomic E-state index is 12.5. The van der Waals surface area contributed by atoms with Crippen molar-refractivity contribution in [1.29, 1.82) is 0 Å². The first-order valence-corrected chi connectivity index (χ1v) is 15.2. The second-order valence-corrected chi connectivity index (χ2v) is 12.3. The molecule has 1 fully saturated rings. The van der Waals surface area contributed by atoms with Crippen LogP contribution >= 0.6 is 47.0 Å². The molecule has 0 aromatic heterocycles. The Balaban J connectivity index is 3.28. The third kappa shape index (κ3) is 14.5. The number of hydrogen-bond donors (Lipinski definition) is 1. The molecule has 1 aliphatic rings. The quantitative estimate of drug-likeness (QED) is 0.209. The number of aliphatic hydroxyl groups is 1. The van der Waals surface area contributed by atoms with E-state index in [1.54, 1.807) is 0 Å². The summed E-state index contributed by atoms with van der Waals surface area (Å²) >= 11 is 2.49. The normalized spacial score (nSPS) is 22.0. The second-order valence-electron chi connectivity index (χ2n) is 7.73. The van der Waals surface area contributed by atoms with Gasteiger partial charge in [-0.3, -0.25) is 38.4 Å². The number of esters is 4. The number of thioether (sulfide) groups is 4. The zero-order valence-electron chi connectivity index (χ0n) is 21.8. The molecule has 0 amide bonds. The highest BCUT2D eigenvalue weighted by atomic mass is 32.2. The Kier molecular flexibility index (Phi) is 16.5. The summed E-state index contributed by atoms with van der Waals surface area (Å²) in [5.74, 6) is -5.60. The van der Waals surface area contributed by atoms with E-state index in [0.717, 1.165) is 0 Å². The number of aliphatic hydroxyl groups excluding tert-OH is 1. The third-order valence-electron chi connectivity index (χ3n) is 4.39. The fraction of sp³-hybridized carbons (Fsp3) is 0.636. The first kappa shape index (κ1) is 35.9. The standard InChI is InChI=1S/C22H28O14S4/c1-10(23)37-6-15(27)32-5-14-19(34-16(28)7-38-11(2)24)20(35-17(29)8-39-12(3)25)21(22(31)33-14)36-18(30)9-40-13(4)26/h14,19-22,31H,5-9H2,1-4H3/t14-,19-,20+,21-,22+/m1/s1. The van der Waals surface area contributed by atoms with Gasteiger partial charge in [-0.2, -0.15) is 0 Å². The van der Waals surface area contributed by atoms with Crippen LogP contribution in [0, 0.1) is 0 Å². The molecule has 0 spiro atoms. The maximum Gasteiger partial charge on any atom is 0.316 e. The number of ether oxygens (including phenoxy) is 5. The van der Waals surface area contributed by atoms with E-state index in [2.05, 4.69) is 0 Å². The van der Waals surface area contributed by atoms with Crippen LogP contribution in [0.4, 0.5) is 0 Å². The van der Waals surface area contributed by atoms with Crippen LogP contribution < -0.4 is 0 Å². The van der Waals surface area contributed by atoms with Crippen LogP contribution in [0.15, 0.2) is 0 Å². The predicted molar refractivity (Wildman–Crippen MR) is 144 cm³/mol. The van der Waals surface area contributed by atoms with Crippen molar-refractivity contribution in [1.82, 2.24) is 0 Å². The third-order valence-corrected chi connectivity index (χ3v) is 7.54. The number of carbonyl (C=O) groups is 8. The van der Waals surface area contributed by atoms with Crippen molar-refractivity contribution in [2.45, 2.75) is 58.4 Å². The van der Waals surface area contributed by atoms with Gasteiger partial charge >= 0.3 is 23.9 Å². The van der Waals surface area contributed by atoms with Gasteiger partial charge in [0.1, 0.15) is 12.7 Å². The summed E-state index contributed by atoms with van der Waals surface area (Å²) in [4.78, 5) is 94.3. The molecule has 14 nitrogen and oxygen atoms in total. The molecule has 1 rings (SSSR count). The highest BCUT2D eigenvalue weighted by molar-refractivity contribution is 8.14. The van der Waals surface area contributed by atoms with Crippen molar-refractivity contribution in [2.75, 3.05) is 29.6 Å². The summed E-state index contributed by atoms with van der Waals surface area (Å²) in [7, 11) is 0. The fourth-order valence-electron chi connectivity index (χ4n) is 2.85. The Morgan fingerprint density at radius 1 is 0.575 bits per heavy atom. The van der Waals surface area contributed by atoms with Crippen molar-refractivity contribution >= 4 is 91.4 Å². The van der Waals surface area contributed by atoms with Gasteiger partial charge in [-0.1, -0.05) is 47.0 Å². The van der Waals surface area contributed by atoms with E-state index in [9.17, 15) is 43.5 Å². The minimum absolute atomic E-state index is 0.348. The van der Waals surface area contributed by atoms with E-state index in [4.69, 9.17) is 23.7 Å². The van der Waals surface area contributed by atoms with Gasteiger partial charge < -0.3 is 28.8 Å². The highest BCUT2D eigenvalue weighted by Gasteiger charge is 2.52. The molecule has 0 aromatic carbocycles. The fourth-order valence-corrected chi connectivity index (χ4v) is 4.42. The minimum atomic E-state index is -1.98. The van der Waals surface area contributed by atoms with Crippen molar-refractivity contribution in [2.24, 2.45) is 0 Å². The summed E-state index contributed by atoms with van der Waals surface area (Å²) in [6, 6.07) is 0. The minimum Gasteiger partial charge on any atom is -0.462 e. The monoisotopic (exact) mass is 644 g/mol. The summed E-state index contributed by atoms with van der Waals surface area (Å²) in [5, 5.41) is 9.07. The second kappa shape index (κ2) is 18.3. The Morgan fingerprint density at radius 3 is 1.32 bits per heavy atom. The summed E-state index contributed by atoms with van der Waals surface area (Å²) in [6.45, 7) is 4.23. The smallest absolute Gasteiger partial charge is 0.316 e. The number of rotatable bonds is 13. The van der Waals surface area contributed by atoms with E-state index >= 15 is 0 Å². The van der Waals surface area contributed by atoms with Crippen molar-refractivity contribution < 1.29 is 67.1 Å². The lowest BCUT2D eigenvalue weighted by molar-refractivity contribution is -0.295. The van der Waals surface area contributed by atoms with Crippen molar-refractivity contribution in [3.63, 3.8) is 0 Å². The summed E-state index contributed by atoms with van der Waals surface area (Å²) in [6.07, 6.45) is -8.59. The molecular formula is C22H28O14S4. The lowest BCUT2D eigenvalue weighted by Gasteiger charge is -2.42. The van der Waals surface area contributed by atoms with Crippen LogP contribution in [0.5, 0.6) is 0 Å². The number of carbonyl (C=O) groups excluding carboxylic acids is 8. The molecule has 224 valence electrons. The van der Waals surface area contributed by atoms with Crippen LogP contribution in [-0.2, 0) is 62.0 Å². The molecule has 1 saturated heterocycles. The van der Waals surface area contributed by atoms with Gasteiger partial charge in [0.15, 0.2) is 45.1 Å². The average molecular weight is 645 g/mol. The lowest BCUT2D eigenvalue weighted by atomic mass is 9.98. The maximum absolute atomic E-state index is 12.5. The first-order valence-electron chi connectivity index (χ1n) is 11.3. The summed E-state index contributed by atoms with van der Waals surface area (Å²) in [5.41, 5.74) is 0.